The summed E-state index contributed by atoms with van der Waals surface area (Å²) < 4.78 is 54.5. The van der Waals surface area contributed by atoms with Crippen LogP contribution in [-0.2, 0) is 12.7 Å². The van der Waals surface area contributed by atoms with E-state index in [-0.39, 0.29) is 33.4 Å². The van der Waals surface area contributed by atoms with Gasteiger partial charge >= 0.3 is 6.18 Å². The van der Waals surface area contributed by atoms with Crippen LogP contribution in [0.1, 0.15) is 65.1 Å². The Hall–Kier alpha value is -4.63. The van der Waals surface area contributed by atoms with Gasteiger partial charge in [-0.3, -0.25) is 10.1 Å². The number of nitrogens with zero attached hydrogens (tertiary/aromatic N) is 4. The van der Waals surface area contributed by atoms with E-state index < -0.39 is 29.8 Å². The van der Waals surface area contributed by atoms with E-state index in [1.807, 2.05) is 24.3 Å². The molecular weight excluding hydrogens is 612 g/mol. The van der Waals surface area contributed by atoms with Gasteiger partial charge in [0.25, 0.3) is 5.91 Å². The number of aliphatic hydroxyl groups excluding tert-OH is 1. The zero-order valence-corrected chi connectivity index (χ0v) is 24.6. The first-order valence-corrected chi connectivity index (χ1v) is 14.9. The Morgan fingerprint density at radius 2 is 1.80 bits per heavy atom. The lowest BCUT2D eigenvalue weighted by Crippen LogP contribution is -2.40. The van der Waals surface area contributed by atoms with Gasteiger partial charge in [0.15, 0.2) is 5.13 Å². The normalized spacial score (nSPS) is 15.1. The summed E-state index contributed by atoms with van der Waals surface area (Å²) in [7, 11) is 0. The minimum Gasteiger partial charge on any atom is -0.368 e. The predicted octanol–water partition coefficient (Wildman–Crippen LogP) is 6.89. The maximum Gasteiger partial charge on any atom is 0.417 e. The number of guanidine groups is 1. The average molecular weight is 643 g/mol. The number of fused-ring (bicyclic) bond motifs is 1. The van der Waals surface area contributed by atoms with Crippen molar-refractivity contribution < 1.29 is 27.5 Å². The maximum absolute atomic E-state index is 14.0. The van der Waals surface area contributed by atoms with Crippen molar-refractivity contribution in [2.45, 2.75) is 57.1 Å². The summed E-state index contributed by atoms with van der Waals surface area (Å²) in [6.07, 6.45) is -0.426. The SMILES string of the molecule is N=N/N=C(\N)NC(=O)c1ccc(CN(c2ccc(C3CCCCC3)cc2)C(O)Nc2nc3cc(F)cc(C(F)(F)F)c3s2)cc1. The van der Waals surface area contributed by atoms with Gasteiger partial charge in [-0.25, -0.2) is 9.37 Å². The highest BCUT2D eigenvalue weighted by Gasteiger charge is 2.35. The molecule has 1 saturated carbocycles. The van der Waals surface area contributed by atoms with Crippen molar-refractivity contribution in [1.29, 1.82) is 5.53 Å². The zero-order valence-electron chi connectivity index (χ0n) is 23.8. The van der Waals surface area contributed by atoms with E-state index in [0.29, 0.717) is 34.6 Å². The quantitative estimate of drug-likeness (QED) is 0.0335. The molecule has 0 aliphatic heterocycles. The lowest BCUT2D eigenvalue weighted by Gasteiger charge is -2.31. The topological polar surface area (TPSA) is 152 Å². The van der Waals surface area contributed by atoms with Crippen LogP contribution in [-0.4, -0.2) is 28.3 Å². The van der Waals surface area contributed by atoms with Crippen molar-refractivity contribution in [2.75, 3.05) is 10.2 Å². The Morgan fingerprint density at radius 3 is 2.44 bits per heavy atom. The van der Waals surface area contributed by atoms with E-state index >= 15 is 0 Å². The summed E-state index contributed by atoms with van der Waals surface area (Å²) in [5, 5.41) is 22.4. The second-order valence-corrected chi connectivity index (χ2v) is 11.6. The molecule has 15 heteroatoms. The Balaban J connectivity index is 1.41. The molecule has 1 amide bonds. The minimum atomic E-state index is -4.78. The number of hydrogen-bond donors (Lipinski definition) is 5. The fourth-order valence-corrected chi connectivity index (χ4v) is 6.37. The number of nitrogens with two attached hydrogens (primary N) is 1. The van der Waals surface area contributed by atoms with Gasteiger partial charge in [-0.05, 0) is 65.4 Å². The fraction of sp³-hybridized carbons (Fsp3) is 0.300. The molecule has 0 bridgehead atoms. The summed E-state index contributed by atoms with van der Waals surface area (Å²) in [6, 6.07) is 15.6. The monoisotopic (exact) mass is 642 g/mol. The molecule has 3 aromatic carbocycles. The van der Waals surface area contributed by atoms with E-state index in [9.17, 15) is 27.5 Å². The van der Waals surface area contributed by atoms with Gasteiger partial charge in [-0.15, -0.1) is 0 Å². The van der Waals surface area contributed by atoms with Gasteiger partial charge in [0.05, 0.1) is 15.8 Å². The second-order valence-electron chi connectivity index (χ2n) is 10.6. The van der Waals surface area contributed by atoms with E-state index in [1.54, 1.807) is 29.2 Å². The highest BCUT2D eigenvalue weighted by atomic mass is 32.1. The number of aromatic nitrogens is 1. The largest absolute Gasteiger partial charge is 0.417 e. The van der Waals surface area contributed by atoms with Gasteiger partial charge < -0.3 is 21.1 Å². The molecule has 1 unspecified atom stereocenters. The summed E-state index contributed by atoms with van der Waals surface area (Å²) >= 11 is 0.663. The molecule has 4 aromatic rings. The number of carbonyl (C=O) groups excluding carboxylic acids is 1. The Kier molecular flexibility index (Phi) is 9.58. The Morgan fingerprint density at radius 1 is 1.11 bits per heavy atom. The molecule has 236 valence electrons. The number of benzene rings is 3. The Labute approximate surface area is 259 Å². The van der Waals surface area contributed by atoms with Crippen LogP contribution in [0.3, 0.4) is 0 Å². The molecular formula is C30H30F4N8O2S. The summed E-state index contributed by atoms with van der Waals surface area (Å²) in [4.78, 5) is 18.1. The smallest absolute Gasteiger partial charge is 0.368 e. The first kappa shape index (κ1) is 31.8. The maximum atomic E-state index is 14.0. The molecule has 5 rings (SSSR count). The Bertz CT molecular complexity index is 1690. The van der Waals surface area contributed by atoms with E-state index in [4.69, 9.17) is 11.3 Å². The molecule has 1 aliphatic carbocycles. The number of thiazole rings is 1. The lowest BCUT2D eigenvalue weighted by atomic mass is 9.84. The molecule has 6 N–H and O–H groups in total. The number of alkyl halides is 3. The third-order valence-corrected chi connectivity index (χ3v) is 8.61. The number of anilines is 2. The predicted molar refractivity (Wildman–Crippen MR) is 163 cm³/mol. The zero-order chi connectivity index (χ0) is 32.1. The lowest BCUT2D eigenvalue weighted by molar-refractivity contribution is -0.136. The highest BCUT2D eigenvalue weighted by Crippen LogP contribution is 2.40. The van der Waals surface area contributed by atoms with Crippen molar-refractivity contribution in [3.63, 3.8) is 0 Å². The minimum absolute atomic E-state index is 0.0249. The van der Waals surface area contributed by atoms with Crippen LogP contribution < -0.4 is 21.3 Å². The van der Waals surface area contributed by atoms with Gasteiger partial charge in [0, 0.05) is 23.9 Å². The molecule has 1 heterocycles. The van der Waals surface area contributed by atoms with Gasteiger partial charge in [-0.2, -0.15) is 18.7 Å². The van der Waals surface area contributed by atoms with E-state index in [0.717, 1.165) is 18.9 Å². The first-order chi connectivity index (χ1) is 21.5. The van der Waals surface area contributed by atoms with E-state index in [2.05, 4.69) is 25.9 Å². The van der Waals surface area contributed by atoms with Crippen molar-refractivity contribution in [1.82, 2.24) is 10.3 Å². The van der Waals surface area contributed by atoms with Crippen molar-refractivity contribution in [3.05, 3.63) is 88.7 Å². The fourth-order valence-electron chi connectivity index (χ4n) is 5.38. The van der Waals surface area contributed by atoms with Crippen molar-refractivity contribution in [3.8, 4) is 0 Å². The van der Waals surface area contributed by atoms with Gasteiger partial charge in [0.2, 0.25) is 12.3 Å². The summed E-state index contributed by atoms with van der Waals surface area (Å²) in [5.41, 5.74) is 13.6. The molecule has 0 saturated heterocycles. The van der Waals surface area contributed by atoms with Crippen molar-refractivity contribution >= 4 is 44.2 Å². The van der Waals surface area contributed by atoms with Crippen LogP contribution in [0.25, 0.3) is 10.2 Å². The standard InChI is InChI=1S/C30H30F4N8O2S/c31-21-14-23(30(32,33)34)25-24(15-21)37-28(45-25)39-29(44)42(22-12-10-19(11-13-22)18-4-2-1-3-5-18)16-17-6-8-20(9-7-17)26(43)38-27(35)40-41-36/h6-15,18,29,44H,1-5,16H2,(H,37,39)(H4,35,36,38,40,43). The number of carbonyl (C=O) groups is 1. The first-order valence-electron chi connectivity index (χ1n) is 14.1. The third kappa shape index (κ3) is 7.72. The van der Waals surface area contributed by atoms with Gasteiger partial charge in [0.1, 0.15) is 5.82 Å². The number of nitrogens with one attached hydrogen (secondary N) is 3. The molecule has 45 heavy (non-hydrogen) atoms. The number of halogens is 4. The molecule has 1 atom stereocenters. The molecule has 1 fully saturated rings. The van der Waals surface area contributed by atoms with Crippen LogP contribution in [0.5, 0.6) is 0 Å². The molecule has 0 radical (unpaired) electrons. The van der Waals surface area contributed by atoms with Crippen LogP contribution in [0.2, 0.25) is 0 Å². The number of rotatable bonds is 9. The average Bonchev–Trinajstić information content (AvgIpc) is 3.41. The van der Waals surface area contributed by atoms with Crippen LogP contribution >= 0.6 is 11.3 Å². The molecule has 0 spiro atoms. The van der Waals surface area contributed by atoms with Crippen LogP contribution in [0, 0.1) is 11.3 Å². The summed E-state index contributed by atoms with van der Waals surface area (Å²) in [6.45, 7) is 0.132. The van der Waals surface area contributed by atoms with Crippen molar-refractivity contribution in [2.24, 2.45) is 16.1 Å². The number of aliphatic hydroxyl groups is 1. The third-order valence-electron chi connectivity index (χ3n) is 7.58. The second kappa shape index (κ2) is 13.6. The molecule has 1 aromatic heterocycles. The van der Waals surface area contributed by atoms with Crippen LogP contribution in [0.4, 0.5) is 28.4 Å². The number of hydrogen-bond acceptors (Lipinski definition) is 8. The molecule has 1 aliphatic rings. The van der Waals surface area contributed by atoms with Gasteiger partial charge in [-0.1, -0.05) is 60.0 Å². The van der Waals surface area contributed by atoms with Crippen LogP contribution in [0.15, 0.2) is 71.0 Å². The molecule has 10 nitrogen and oxygen atoms in total. The number of amides is 1. The van der Waals surface area contributed by atoms with E-state index in [1.165, 1.54) is 24.8 Å². The summed E-state index contributed by atoms with van der Waals surface area (Å²) in [5.74, 6) is -1.50. The highest BCUT2D eigenvalue weighted by molar-refractivity contribution is 7.22.